The monoisotopic (exact) mass is 352 g/mol. The maximum Gasteiger partial charge on any atom is 0.410 e. The number of piperidine rings is 1. The van der Waals surface area contributed by atoms with Crippen LogP contribution in [0.1, 0.15) is 27.2 Å². The maximum absolute atomic E-state index is 12.0. The highest BCUT2D eigenvalue weighted by Gasteiger charge is 2.38. The zero-order valence-electron chi connectivity index (χ0n) is 10.8. The molecule has 2 fully saturated rings. The lowest BCUT2D eigenvalue weighted by molar-refractivity contribution is 0.0139. The van der Waals surface area contributed by atoms with Gasteiger partial charge in [0, 0.05) is 49.0 Å². The first-order valence-electron chi connectivity index (χ1n) is 6.24. The van der Waals surface area contributed by atoms with Crippen LogP contribution in [0.25, 0.3) is 0 Å². The smallest absolute Gasteiger partial charge is 0.410 e. The van der Waals surface area contributed by atoms with Gasteiger partial charge in [-0.3, -0.25) is 0 Å². The van der Waals surface area contributed by atoms with E-state index in [1.807, 2.05) is 25.7 Å². The van der Waals surface area contributed by atoms with Crippen LogP contribution in [0.2, 0.25) is 0 Å². The zero-order chi connectivity index (χ0) is 12.6. The van der Waals surface area contributed by atoms with Gasteiger partial charge in [0.15, 0.2) is 0 Å². The van der Waals surface area contributed by atoms with Crippen LogP contribution in [0.15, 0.2) is 0 Å². The van der Waals surface area contributed by atoms with Crippen molar-refractivity contribution in [3.05, 3.63) is 0 Å². The van der Waals surface area contributed by atoms with Crippen molar-refractivity contribution in [2.75, 3.05) is 26.2 Å². The van der Waals surface area contributed by atoms with Crippen LogP contribution in [-0.4, -0.2) is 45.9 Å². The van der Waals surface area contributed by atoms with Crippen LogP contribution in [0.5, 0.6) is 0 Å². The van der Waals surface area contributed by atoms with Gasteiger partial charge < -0.3 is 9.64 Å². The molecule has 2 aliphatic heterocycles. The first kappa shape index (κ1) is 13.4. The van der Waals surface area contributed by atoms with E-state index in [4.69, 9.17) is 4.74 Å². The summed E-state index contributed by atoms with van der Waals surface area (Å²) in [7, 11) is 0. The van der Waals surface area contributed by atoms with Gasteiger partial charge in [0.25, 0.3) is 0 Å². The minimum absolute atomic E-state index is 0.150. The summed E-state index contributed by atoms with van der Waals surface area (Å²) in [6.07, 6.45) is 0.964. The van der Waals surface area contributed by atoms with Crippen LogP contribution in [0.4, 0.5) is 4.79 Å². The molecule has 0 aromatic rings. The molecule has 2 rings (SSSR count). The predicted octanol–water partition coefficient (Wildman–Crippen LogP) is 2.53. The molecule has 0 N–H and O–H groups in total. The first-order chi connectivity index (χ1) is 7.85. The van der Waals surface area contributed by atoms with Gasteiger partial charge in [0.05, 0.1) is 0 Å². The number of carbonyl (C=O) groups is 1. The lowest BCUT2D eigenvalue weighted by Gasteiger charge is -2.35. The van der Waals surface area contributed by atoms with Gasteiger partial charge >= 0.3 is 6.09 Å². The Labute approximate surface area is 117 Å². The second kappa shape index (κ2) is 4.91. The maximum atomic E-state index is 12.0. The number of hydrogen-bond donors (Lipinski definition) is 0. The van der Waals surface area contributed by atoms with E-state index in [1.165, 1.54) is 6.54 Å². The molecule has 0 radical (unpaired) electrons. The summed E-state index contributed by atoms with van der Waals surface area (Å²) in [5.74, 6) is 1.40. The quantitative estimate of drug-likeness (QED) is 0.496. The highest BCUT2D eigenvalue weighted by molar-refractivity contribution is 14.1. The van der Waals surface area contributed by atoms with Crippen molar-refractivity contribution in [3.63, 3.8) is 0 Å². The molecular formula is C12H21IN2O2. The van der Waals surface area contributed by atoms with Crippen LogP contribution < -0.4 is 0 Å². The standard InChI is InChI=1S/C12H21IN2O2/c1-12(2,3)17-11(16)14-5-4-9-7-15(13)8-10(9)6-14/h9-10H,4-8H2,1-3H3/t9-,10+/m0/s1. The van der Waals surface area contributed by atoms with Crippen LogP contribution in [-0.2, 0) is 4.74 Å². The number of fused-ring (bicyclic) bond motifs is 1. The Morgan fingerprint density at radius 1 is 1.24 bits per heavy atom. The molecule has 0 saturated carbocycles. The fraction of sp³-hybridized carbons (Fsp3) is 0.917. The van der Waals surface area contributed by atoms with Crippen molar-refractivity contribution in [1.29, 1.82) is 0 Å². The van der Waals surface area contributed by atoms with Gasteiger partial charge in [0.1, 0.15) is 5.60 Å². The number of ether oxygens (including phenoxy) is 1. The van der Waals surface area contributed by atoms with Crippen molar-refractivity contribution in [2.45, 2.75) is 32.8 Å². The number of rotatable bonds is 0. The molecule has 5 heteroatoms. The van der Waals surface area contributed by atoms with Gasteiger partial charge in [-0.1, -0.05) is 0 Å². The summed E-state index contributed by atoms with van der Waals surface area (Å²) < 4.78 is 7.76. The number of amides is 1. The Kier molecular flexibility index (Phi) is 3.87. The van der Waals surface area contributed by atoms with E-state index < -0.39 is 0 Å². The van der Waals surface area contributed by atoms with Gasteiger partial charge in [-0.05, 0) is 39.0 Å². The van der Waals surface area contributed by atoms with E-state index in [2.05, 4.69) is 26.0 Å². The SMILES string of the molecule is CC(C)(C)OC(=O)N1CC[C@H]2CN(I)C[C@H]2C1. The van der Waals surface area contributed by atoms with Crippen LogP contribution in [0, 0.1) is 11.8 Å². The summed E-state index contributed by atoms with van der Waals surface area (Å²) in [5.41, 5.74) is -0.390. The Morgan fingerprint density at radius 3 is 2.53 bits per heavy atom. The minimum Gasteiger partial charge on any atom is -0.444 e. The fourth-order valence-electron chi connectivity index (χ4n) is 2.60. The molecule has 2 saturated heterocycles. The second-order valence-corrected chi connectivity index (χ2v) is 7.43. The molecule has 0 aliphatic carbocycles. The van der Waals surface area contributed by atoms with Crippen molar-refractivity contribution >= 4 is 29.0 Å². The van der Waals surface area contributed by atoms with Gasteiger partial charge in [-0.15, -0.1) is 0 Å². The molecule has 17 heavy (non-hydrogen) atoms. The topological polar surface area (TPSA) is 32.8 Å². The van der Waals surface area contributed by atoms with E-state index in [-0.39, 0.29) is 11.7 Å². The Hall–Kier alpha value is -0.0400. The highest BCUT2D eigenvalue weighted by atomic mass is 127. The number of nitrogens with zero attached hydrogens (tertiary/aromatic N) is 2. The van der Waals surface area contributed by atoms with Crippen molar-refractivity contribution in [2.24, 2.45) is 11.8 Å². The zero-order valence-corrected chi connectivity index (χ0v) is 12.9. The number of likely N-dealkylation sites (tertiary alicyclic amines) is 1. The van der Waals surface area contributed by atoms with Crippen molar-refractivity contribution in [3.8, 4) is 0 Å². The summed E-state index contributed by atoms with van der Waals surface area (Å²) in [6, 6.07) is 0. The van der Waals surface area contributed by atoms with E-state index in [9.17, 15) is 4.79 Å². The lowest BCUT2D eigenvalue weighted by Crippen LogP contribution is -2.45. The number of hydrogen-bond acceptors (Lipinski definition) is 3. The Balaban J connectivity index is 1.90. The lowest BCUT2D eigenvalue weighted by atomic mass is 9.89. The minimum atomic E-state index is -0.390. The van der Waals surface area contributed by atoms with Crippen molar-refractivity contribution in [1.82, 2.24) is 8.01 Å². The van der Waals surface area contributed by atoms with Crippen molar-refractivity contribution < 1.29 is 9.53 Å². The fourth-order valence-corrected chi connectivity index (χ4v) is 3.62. The van der Waals surface area contributed by atoms with Gasteiger partial charge in [-0.25, -0.2) is 7.91 Å². The largest absolute Gasteiger partial charge is 0.444 e. The van der Waals surface area contributed by atoms with E-state index in [0.717, 1.165) is 32.0 Å². The summed E-state index contributed by atoms with van der Waals surface area (Å²) >= 11 is 2.38. The average Bonchev–Trinajstić information content (AvgIpc) is 2.53. The summed E-state index contributed by atoms with van der Waals surface area (Å²) in [6.45, 7) is 9.73. The highest BCUT2D eigenvalue weighted by Crippen LogP contribution is 2.33. The molecular weight excluding hydrogens is 331 g/mol. The van der Waals surface area contributed by atoms with Crippen LogP contribution >= 0.6 is 22.9 Å². The molecule has 1 amide bonds. The molecule has 2 atom stereocenters. The molecule has 4 nitrogen and oxygen atoms in total. The number of carbonyl (C=O) groups excluding carboxylic acids is 1. The molecule has 2 aliphatic rings. The summed E-state index contributed by atoms with van der Waals surface area (Å²) in [5, 5.41) is 0. The normalized spacial score (nSPS) is 30.2. The van der Waals surface area contributed by atoms with Gasteiger partial charge in [-0.2, -0.15) is 0 Å². The third-order valence-corrected chi connectivity index (χ3v) is 4.20. The van der Waals surface area contributed by atoms with Gasteiger partial charge in [0.2, 0.25) is 0 Å². The molecule has 0 bridgehead atoms. The van der Waals surface area contributed by atoms with E-state index in [1.54, 1.807) is 0 Å². The molecule has 2 heterocycles. The predicted molar refractivity (Wildman–Crippen MR) is 75.0 cm³/mol. The number of halogens is 1. The molecule has 0 spiro atoms. The second-order valence-electron chi connectivity index (χ2n) is 6.06. The molecule has 0 aromatic heterocycles. The molecule has 0 aromatic carbocycles. The molecule has 98 valence electrons. The third-order valence-electron chi connectivity index (χ3n) is 3.41. The first-order valence-corrected chi connectivity index (χ1v) is 7.20. The molecule has 0 unspecified atom stereocenters. The van der Waals surface area contributed by atoms with E-state index >= 15 is 0 Å². The Morgan fingerprint density at radius 2 is 1.88 bits per heavy atom. The van der Waals surface area contributed by atoms with Crippen LogP contribution in [0.3, 0.4) is 0 Å². The Bertz CT molecular complexity index is 303. The van der Waals surface area contributed by atoms with E-state index in [0.29, 0.717) is 5.92 Å². The third kappa shape index (κ3) is 3.47. The average molecular weight is 352 g/mol. The summed E-state index contributed by atoms with van der Waals surface area (Å²) in [4.78, 5) is 13.8.